The highest BCUT2D eigenvalue weighted by Gasteiger charge is 2.51. The van der Waals surface area contributed by atoms with Crippen LogP contribution in [0.3, 0.4) is 0 Å². The van der Waals surface area contributed by atoms with E-state index in [9.17, 15) is 0 Å². The number of benzene rings is 1. The second kappa shape index (κ2) is 9.72. The van der Waals surface area contributed by atoms with Crippen molar-refractivity contribution in [2.45, 2.75) is 48.0 Å². The molecule has 39 heavy (non-hydrogen) atoms. The number of pyridine rings is 1. The fourth-order valence-corrected chi connectivity index (χ4v) is 6.98. The number of nitrogens with zero attached hydrogens (tertiary/aromatic N) is 3. The summed E-state index contributed by atoms with van der Waals surface area (Å²) in [6.45, 7) is 13.2. The molecule has 0 bridgehead atoms. The molecule has 3 heteroatoms. The lowest BCUT2D eigenvalue weighted by Gasteiger charge is -2.33. The molecule has 0 N–H and O–H groups in total. The van der Waals surface area contributed by atoms with Gasteiger partial charge < -0.3 is 0 Å². The molecule has 0 radical (unpaired) electrons. The third-order valence-corrected chi connectivity index (χ3v) is 9.01. The van der Waals surface area contributed by atoms with Crippen LogP contribution < -0.4 is 0 Å². The fraction of sp³-hybridized carbons (Fsp3) is 0.306. The van der Waals surface area contributed by atoms with Gasteiger partial charge in [-0.25, -0.2) is 9.97 Å². The molecule has 0 amide bonds. The molecule has 2 aromatic heterocycles. The molecular weight excluding hydrogens is 474 g/mol. The van der Waals surface area contributed by atoms with Crippen LogP contribution in [0, 0.1) is 43.9 Å². The minimum Gasteiger partial charge on any atom is -0.258 e. The molecule has 1 saturated carbocycles. The Balaban J connectivity index is 1.54. The van der Waals surface area contributed by atoms with Gasteiger partial charge in [-0.3, -0.25) is 4.98 Å². The zero-order valence-electron chi connectivity index (χ0n) is 23.9. The van der Waals surface area contributed by atoms with Gasteiger partial charge in [0.2, 0.25) is 0 Å². The summed E-state index contributed by atoms with van der Waals surface area (Å²) in [6.07, 6.45) is 19.2. The summed E-state index contributed by atoms with van der Waals surface area (Å²) in [5, 5.41) is 0. The number of aromatic nitrogens is 3. The monoisotopic (exact) mass is 511 g/mol. The summed E-state index contributed by atoms with van der Waals surface area (Å²) >= 11 is 0. The Morgan fingerprint density at radius 2 is 1.72 bits per heavy atom. The average Bonchev–Trinajstić information content (AvgIpc) is 3.17. The van der Waals surface area contributed by atoms with Gasteiger partial charge in [-0.2, -0.15) is 0 Å². The predicted molar refractivity (Wildman–Crippen MR) is 163 cm³/mol. The third-order valence-electron chi connectivity index (χ3n) is 9.01. The molecule has 3 unspecified atom stereocenters. The van der Waals surface area contributed by atoms with Gasteiger partial charge in [-0.1, -0.05) is 80.6 Å². The Hall–Kier alpha value is -3.85. The third kappa shape index (κ3) is 4.25. The first-order valence-electron chi connectivity index (χ1n) is 14.1. The standard InChI is InChI=1S/C36H37N3/c1-7-12-32-23(3)34(29-16-11-18-31-33(29)28-15-8-9-17-30(28)36(31,5)6)39-35(38-32)26-14-10-13-25(21-26)27-20-19-22(2)37-24(27)4/h7-17,19-21,28,30-31H,18H2,1-6H3/b12-7-. The molecule has 0 spiro atoms. The fourth-order valence-electron chi connectivity index (χ4n) is 6.98. The first-order chi connectivity index (χ1) is 18.8. The Morgan fingerprint density at radius 3 is 2.51 bits per heavy atom. The minimum absolute atomic E-state index is 0.196. The van der Waals surface area contributed by atoms with Gasteiger partial charge in [0.25, 0.3) is 0 Å². The molecule has 3 aromatic rings. The average molecular weight is 512 g/mol. The van der Waals surface area contributed by atoms with Crippen LogP contribution in [0.5, 0.6) is 0 Å². The number of hydrogen-bond acceptors (Lipinski definition) is 3. The zero-order valence-corrected chi connectivity index (χ0v) is 23.9. The van der Waals surface area contributed by atoms with Gasteiger partial charge in [0.1, 0.15) is 0 Å². The van der Waals surface area contributed by atoms with Gasteiger partial charge in [0, 0.05) is 39.6 Å². The molecule has 3 aliphatic carbocycles. The van der Waals surface area contributed by atoms with E-state index in [4.69, 9.17) is 9.97 Å². The molecule has 0 aliphatic heterocycles. The maximum Gasteiger partial charge on any atom is 0.160 e. The van der Waals surface area contributed by atoms with E-state index in [0.717, 1.165) is 57.3 Å². The molecule has 0 saturated heterocycles. The highest BCUT2D eigenvalue weighted by Crippen LogP contribution is 2.60. The topological polar surface area (TPSA) is 38.7 Å². The maximum absolute atomic E-state index is 5.31. The summed E-state index contributed by atoms with van der Waals surface area (Å²) in [7, 11) is 0. The van der Waals surface area contributed by atoms with E-state index in [0.29, 0.717) is 17.8 Å². The molecule has 196 valence electrons. The Kier molecular flexibility index (Phi) is 6.33. The summed E-state index contributed by atoms with van der Waals surface area (Å²) in [4.78, 5) is 15.1. The Bertz CT molecular complexity index is 1610. The lowest BCUT2D eigenvalue weighted by atomic mass is 9.71. The van der Waals surface area contributed by atoms with Crippen molar-refractivity contribution < 1.29 is 0 Å². The lowest BCUT2D eigenvalue weighted by molar-refractivity contribution is 0.218. The molecule has 1 aromatic carbocycles. The summed E-state index contributed by atoms with van der Waals surface area (Å²) in [5.41, 5.74) is 11.6. The Morgan fingerprint density at radius 1 is 0.923 bits per heavy atom. The zero-order chi connectivity index (χ0) is 27.3. The van der Waals surface area contributed by atoms with E-state index >= 15 is 0 Å². The number of rotatable bonds is 4. The van der Waals surface area contributed by atoms with Gasteiger partial charge >= 0.3 is 0 Å². The normalized spacial score (nSPS) is 23.0. The highest BCUT2D eigenvalue weighted by molar-refractivity contribution is 5.82. The van der Waals surface area contributed by atoms with Crippen LogP contribution in [0.1, 0.15) is 55.5 Å². The van der Waals surface area contributed by atoms with Crippen molar-refractivity contribution in [3.05, 3.63) is 113 Å². The summed E-state index contributed by atoms with van der Waals surface area (Å²) in [6, 6.07) is 12.8. The van der Waals surface area contributed by atoms with Crippen molar-refractivity contribution in [3.63, 3.8) is 0 Å². The largest absolute Gasteiger partial charge is 0.258 e. The number of allylic oxidation sites excluding steroid dienone is 9. The van der Waals surface area contributed by atoms with Crippen molar-refractivity contribution in [3.8, 4) is 22.5 Å². The van der Waals surface area contributed by atoms with Crippen LogP contribution in [0.2, 0.25) is 0 Å². The Labute approximate surface area is 232 Å². The van der Waals surface area contributed by atoms with E-state index < -0.39 is 0 Å². The summed E-state index contributed by atoms with van der Waals surface area (Å²) < 4.78 is 0. The van der Waals surface area contributed by atoms with Crippen molar-refractivity contribution >= 4 is 11.6 Å². The molecule has 1 fully saturated rings. The quantitative estimate of drug-likeness (QED) is 0.351. The van der Waals surface area contributed by atoms with Crippen LogP contribution in [-0.2, 0) is 0 Å². The van der Waals surface area contributed by atoms with E-state index in [2.05, 4.69) is 125 Å². The smallest absolute Gasteiger partial charge is 0.160 e. The molecule has 3 aliphatic rings. The van der Waals surface area contributed by atoms with Crippen LogP contribution in [0.4, 0.5) is 0 Å². The van der Waals surface area contributed by atoms with Gasteiger partial charge in [0.15, 0.2) is 5.82 Å². The predicted octanol–water partition coefficient (Wildman–Crippen LogP) is 8.89. The second-order valence-corrected chi connectivity index (χ2v) is 11.8. The van der Waals surface area contributed by atoms with Crippen molar-refractivity contribution in [2.24, 2.45) is 23.2 Å². The number of aryl methyl sites for hydroxylation is 2. The van der Waals surface area contributed by atoms with E-state index in [1.807, 2.05) is 6.92 Å². The van der Waals surface area contributed by atoms with Crippen molar-refractivity contribution in [1.29, 1.82) is 0 Å². The molecule has 3 atom stereocenters. The van der Waals surface area contributed by atoms with E-state index in [1.165, 1.54) is 5.57 Å². The molecule has 2 heterocycles. The second-order valence-electron chi connectivity index (χ2n) is 11.8. The molecular formula is C36H37N3. The lowest BCUT2D eigenvalue weighted by Crippen LogP contribution is -2.26. The van der Waals surface area contributed by atoms with Gasteiger partial charge in [-0.05, 0) is 80.7 Å². The van der Waals surface area contributed by atoms with Crippen molar-refractivity contribution in [2.75, 3.05) is 0 Å². The summed E-state index contributed by atoms with van der Waals surface area (Å²) in [5.74, 6) is 2.19. The van der Waals surface area contributed by atoms with Crippen molar-refractivity contribution in [1.82, 2.24) is 15.0 Å². The molecule has 6 rings (SSSR count). The number of hydrogen-bond donors (Lipinski definition) is 0. The van der Waals surface area contributed by atoms with Crippen LogP contribution in [0.15, 0.2) is 84.5 Å². The van der Waals surface area contributed by atoms with E-state index in [1.54, 1.807) is 5.57 Å². The van der Waals surface area contributed by atoms with Gasteiger partial charge in [-0.15, -0.1) is 0 Å². The minimum atomic E-state index is 0.196. The first kappa shape index (κ1) is 25.4. The van der Waals surface area contributed by atoms with Gasteiger partial charge in [0.05, 0.1) is 11.4 Å². The van der Waals surface area contributed by atoms with Crippen LogP contribution in [-0.4, -0.2) is 15.0 Å². The van der Waals surface area contributed by atoms with Crippen LogP contribution in [0.25, 0.3) is 34.2 Å². The number of fused-ring (bicyclic) bond motifs is 3. The highest BCUT2D eigenvalue weighted by atomic mass is 14.9. The van der Waals surface area contributed by atoms with Crippen LogP contribution >= 0.6 is 0 Å². The first-order valence-corrected chi connectivity index (χ1v) is 14.1. The maximum atomic E-state index is 5.31. The van der Waals surface area contributed by atoms with E-state index in [-0.39, 0.29) is 5.41 Å². The SMILES string of the molecule is C/C=C\c1nc(-c2cccc(-c3ccc(C)nc3C)c2)nc(C2=C3C4C=CC=CC4C(C)(C)C3CC=C2)c1C. The molecule has 3 nitrogen and oxygen atoms in total.